The molecule has 1 aromatic heterocycles. The first-order chi connectivity index (χ1) is 15.8. The van der Waals surface area contributed by atoms with E-state index in [1.165, 1.54) is 6.07 Å². The molecule has 4 rings (SSSR count). The summed E-state index contributed by atoms with van der Waals surface area (Å²) in [6.45, 7) is 3.10. The molecule has 6 nitrogen and oxygen atoms in total. The van der Waals surface area contributed by atoms with Gasteiger partial charge in [0.25, 0.3) is 5.91 Å². The Balaban J connectivity index is 1.96. The van der Waals surface area contributed by atoms with E-state index >= 15 is 0 Å². The molecule has 1 amide bonds. The third kappa shape index (κ3) is 4.29. The van der Waals surface area contributed by atoms with Crippen molar-refractivity contribution in [1.29, 1.82) is 0 Å². The number of alkyl halides is 2. The van der Waals surface area contributed by atoms with Crippen LogP contribution in [-0.4, -0.2) is 46.7 Å². The zero-order valence-corrected chi connectivity index (χ0v) is 18.9. The molecule has 0 bridgehead atoms. The molecule has 1 aliphatic heterocycles. The van der Waals surface area contributed by atoms with Crippen molar-refractivity contribution in [2.24, 2.45) is 0 Å². The number of imidazole rings is 1. The summed E-state index contributed by atoms with van der Waals surface area (Å²) in [6, 6.07) is 9.80. The molecular formula is C25H25F2N3O3. The molecule has 2 heterocycles. The molecule has 3 aromatic rings. The van der Waals surface area contributed by atoms with E-state index in [4.69, 9.17) is 14.5 Å². The maximum atomic E-state index is 13.2. The van der Waals surface area contributed by atoms with Crippen LogP contribution in [0.2, 0.25) is 0 Å². The number of carbonyl (C=O) groups excluding carboxylic acids is 1. The van der Waals surface area contributed by atoms with Crippen molar-refractivity contribution < 1.29 is 23.0 Å². The summed E-state index contributed by atoms with van der Waals surface area (Å²) >= 11 is 0. The predicted octanol–water partition coefficient (Wildman–Crippen LogP) is 4.94. The summed E-state index contributed by atoms with van der Waals surface area (Å²) in [5.74, 6) is 6.28. The first-order valence-corrected chi connectivity index (χ1v) is 10.8. The fourth-order valence-electron chi connectivity index (χ4n) is 4.05. The van der Waals surface area contributed by atoms with Gasteiger partial charge in [-0.25, -0.2) is 4.98 Å². The van der Waals surface area contributed by atoms with Crippen LogP contribution >= 0.6 is 0 Å². The van der Waals surface area contributed by atoms with Gasteiger partial charge in [0.05, 0.1) is 28.7 Å². The number of halogens is 2. The number of para-hydroxylation sites is 1. The molecule has 1 atom stereocenters. The van der Waals surface area contributed by atoms with E-state index in [0.29, 0.717) is 29.9 Å². The monoisotopic (exact) mass is 453 g/mol. The molecule has 0 N–H and O–H groups in total. The third-order valence-electron chi connectivity index (χ3n) is 5.54. The topological polar surface area (TPSA) is 56.6 Å². The minimum atomic E-state index is -3.03. The molecule has 0 spiro atoms. The van der Waals surface area contributed by atoms with Crippen LogP contribution in [0.3, 0.4) is 0 Å². The highest BCUT2D eigenvalue weighted by Crippen LogP contribution is 2.40. The van der Waals surface area contributed by atoms with Crippen LogP contribution in [0.15, 0.2) is 36.4 Å². The van der Waals surface area contributed by atoms with Gasteiger partial charge < -0.3 is 14.4 Å². The Morgan fingerprint density at radius 2 is 2.00 bits per heavy atom. The molecule has 0 radical (unpaired) electrons. The van der Waals surface area contributed by atoms with Crippen molar-refractivity contribution in [2.75, 3.05) is 13.7 Å². The van der Waals surface area contributed by atoms with E-state index in [9.17, 15) is 13.6 Å². The van der Waals surface area contributed by atoms with Crippen molar-refractivity contribution >= 4 is 16.9 Å². The maximum absolute atomic E-state index is 13.2. The number of nitrogens with zero attached hydrogens (tertiary/aromatic N) is 3. The Morgan fingerprint density at radius 1 is 1.21 bits per heavy atom. The second-order valence-corrected chi connectivity index (χ2v) is 8.04. The van der Waals surface area contributed by atoms with Gasteiger partial charge in [0.2, 0.25) is 0 Å². The number of aromatic nitrogens is 2. The summed E-state index contributed by atoms with van der Waals surface area (Å²) in [5.41, 5.74) is 2.59. The number of hydrogen-bond donors (Lipinski definition) is 0. The van der Waals surface area contributed by atoms with Crippen LogP contribution in [0, 0.1) is 11.8 Å². The SMILES string of the molecule is CC[C@@H]1c2nc3ccc(C#CCOC(C)C)cc3n2-c2c(OC(F)F)cccc2C(=O)N1C. The van der Waals surface area contributed by atoms with E-state index in [-0.39, 0.29) is 35.1 Å². The molecule has 8 heteroatoms. The van der Waals surface area contributed by atoms with Gasteiger partial charge in [-0.05, 0) is 50.6 Å². The molecular weight excluding hydrogens is 428 g/mol. The van der Waals surface area contributed by atoms with E-state index < -0.39 is 6.61 Å². The molecule has 0 saturated heterocycles. The van der Waals surface area contributed by atoms with Gasteiger partial charge in [-0.2, -0.15) is 8.78 Å². The molecule has 1 aliphatic rings. The normalized spacial score (nSPS) is 15.3. The first-order valence-electron chi connectivity index (χ1n) is 10.8. The lowest BCUT2D eigenvalue weighted by molar-refractivity contribution is -0.0498. The average Bonchev–Trinajstić information content (AvgIpc) is 3.10. The van der Waals surface area contributed by atoms with E-state index in [1.807, 2.05) is 39.0 Å². The first kappa shape index (κ1) is 22.7. The largest absolute Gasteiger partial charge is 0.433 e. The number of carbonyl (C=O) groups is 1. The van der Waals surface area contributed by atoms with E-state index in [1.54, 1.807) is 28.6 Å². The van der Waals surface area contributed by atoms with Gasteiger partial charge in [-0.3, -0.25) is 9.36 Å². The van der Waals surface area contributed by atoms with Crippen LogP contribution in [0.1, 0.15) is 55.0 Å². The zero-order chi connectivity index (χ0) is 23.7. The smallest absolute Gasteiger partial charge is 0.387 e. The van der Waals surface area contributed by atoms with Crippen molar-refractivity contribution in [3.8, 4) is 23.3 Å². The van der Waals surface area contributed by atoms with Crippen molar-refractivity contribution in [3.63, 3.8) is 0 Å². The number of amides is 1. The fraction of sp³-hybridized carbons (Fsp3) is 0.360. The lowest BCUT2D eigenvalue weighted by Crippen LogP contribution is -2.30. The maximum Gasteiger partial charge on any atom is 0.387 e. The second kappa shape index (κ2) is 9.20. The van der Waals surface area contributed by atoms with Crippen LogP contribution in [0.5, 0.6) is 5.75 Å². The number of hydrogen-bond acceptors (Lipinski definition) is 4. The van der Waals surface area contributed by atoms with Crippen molar-refractivity contribution in [2.45, 2.75) is 45.9 Å². The second-order valence-electron chi connectivity index (χ2n) is 8.04. The van der Waals surface area contributed by atoms with Gasteiger partial charge in [0.15, 0.2) is 5.75 Å². The van der Waals surface area contributed by atoms with Crippen LogP contribution in [0.4, 0.5) is 8.78 Å². The molecule has 0 fully saturated rings. The van der Waals surface area contributed by atoms with Crippen molar-refractivity contribution in [1.82, 2.24) is 14.5 Å². The molecule has 0 unspecified atom stereocenters. The summed E-state index contributed by atoms with van der Waals surface area (Å²) < 4.78 is 38.6. The molecule has 172 valence electrons. The zero-order valence-electron chi connectivity index (χ0n) is 18.9. The standard InChI is InChI=1S/C25H25F2N3O3/c1-5-19-23-28-18-12-11-16(8-7-13-32-15(2)3)14-20(18)30(23)22-17(24(31)29(19)4)9-6-10-21(22)33-25(26)27/h6,9-12,14-15,19,25H,5,13H2,1-4H3/t19-/m1/s1. The average molecular weight is 453 g/mol. The van der Waals surface area contributed by atoms with E-state index in [0.717, 1.165) is 5.56 Å². The third-order valence-corrected chi connectivity index (χ3v) is 5.54. The minimum Gasteiger partial charge on any atom is -0.433 e. The Labute approximate surface area is 191 Å². The molecule has 2 aromatic carbocycles. The Hall–Kier alpha value is -3.44. The molecule has 0 aliphatic carbocycles. The lowest BCUT2D eigenvalue weighted by Gasteiger charge is -2.24. The minimum absolute atomic E-state index is 0.0802. The van der Waals surface area contributed by atoms with Gasteiger partial charge >= 0.3 is 6.61 Å². The van der Waals surface area contributed by atoms with Gasteiger partial charge in [-0.15, -0.1) is 0 Å². The van der Waals surface area contributed by atoms with Crippen LogP contribution < -0.4 is 4.74 Å². The predicted molar refractivity (Wildman–Crippen MR) is 121 cm³/mol. The number of fused-ring (bicyclic) bond motifs is 5. The van der Waals surface area contributed by atoms with Gasteiger partial charge in [0.1, 0.15) is 18.1 Å². The summed E-state index contributed by atoms with van der Waals surface area (Å²) in [5, 5.41) is 0. The van der Waals surface area contributed by atoms with Crippen LogP contribution in [0.25, 0.3) is 16.7 Å². The lowest BCUT2D eigenvalue weighted by atomic mass is 10.1. The highest BCUT2D eigenvalue weighted by atomic mass is 19.3. The van der Waals surface area contributed by atoms with Crippen LogP contribution in [-0.2, 0) is 4.74 Å². The molecule has 0 saturated carbocycles. The fourth-order valence-corrected chi connectivity index (χ4v) is 4.05. The van der Waals surface area contributed by atoms with Crippen molar-refractivity contribution in [3.05, 3.63) is 53.3 Å². The Bertz CT molecular complexity index is 1260. The Morgan fingerprint density at radius 3 is 2.70 bits per heavy atom. The summed E-state index contributed by atoms with van der Waals surface area (Å²) in [6.07, 6.45) is 0.682. The van der Waals surface area contributed by atoms with E-state index in [2.05, 4.69) is 11.8 Å². The highest BCUT2D eigenvalue weighted by molar-refractivity contribution is 6.00. The Kier molecular flexibility index (Phi) is 6.34. The summed E-state index contributed by atoms with van der Waals surface area (Å²) in [7, 11) is 1.70. The number of rotatable bonds is 5. The number of ether oxygens (including phenoxy) is 2. The van der Waals surface area contributed by atoms with Gasteiger partial charge in [0, 0.05) is 12.6 Å². The number of benzene rings is 2. The summed E-state index contributed by atoms with van der Waals surface area (Å²) in [4.78, 5) is 19.6. The molecule has 33 heavy (non-hydrogen) atoms. The highest BCUT2D eigenvalue weighted by Gasteiger charge is 2.35. The van der Waals surface area contributed by atoms with Gasteiger partial charge in [-0.1, -0.05) is 24.8 Å². The quantitative estimate of drug-likeness (QED) is 0.514.